The molecule has 0 unspecified atom stereocenters. The molecule has 0 aliphatic carbocycles. The summed E-state index contributed by atoms with van der Waals surface area (Å²) in [7, 11) is 0. The predicted molar refractivity (Wildman–Crippen MR) is 113 cm³/mol. The minimum absolute atomic E-state index is 0.0448. The minimum Gasteiger partial charge on any atom is -0.489 e. The molecule has 2 N–H and O–H groups in total. The molecule has 3 aromatic carbocycles. The first-order valence-electron chi connectivity index (χ1n) is 9.15. The van der Waals surface area contributed by atoms with Gasteiger partial charge in [0.25, 0.3) is 0 Å². The maximum absolute atomic E-state index is 12.1. The zero-order valence-electron chi connectivity index (χ0n) is 15.7. The van der Waals surface area contributed by atoms with Gasteiger partial charge in [0.15, 0.2) is 0 Å². The number of carboxylic acids is 1. The molecule has 0 saturated heterocycles. The van der Waals surface area contributed by atoms with E-state index in [1.165, 1.54) is 6.08 Å². The van der Waals surface area contributed by atoms with E-state index < -0.39 is 5.97 Å². The van der Waals surface area contributed by atoms with Crippen LogP contribution >= 0.6 is 0 Å². The van der Waals surface area contributed by atoms with Crippen LogP contribution in [0, 0.1) is 0 Å². The average molecular weight is 387 g/mol. The Balaban J connectivity index is 1.55. The molecule has 5 nitrogen and oxygen atoms in total. The summed E-state index contributed by atoms with van der Waals surface area (Å²) in [6, 6.07) is 24.1. The van der Waals surface area contributed by atoms with Crippen molar-refractivity contribution < 1.29 is 19.4 Å². The number of amides is 1. The fourth-order valence-electron chi connectivity index (χ4n) is 2.69. The third-order valence-corrected chi connectivity index (χ3v) is 4.11. The number of anilines is 1. The smallest absolute Gasteiger partial charge is 0.307 e. The molecule has 0 bridgehead atoms. The van der Waals surface area contributed by atoms with E-state index in [1.807, 2.05) is 54.6 Å². The van der Waals surface area contributed by atoms with Crippen LogP contribution in [0.15, 0.2) is 84.9 Å². The zero-order chi connectivity index (χ0) is 20.5. The van der Waals surface area contributed by atoms with Gasteiger partial charge in [-0.15, -0.1) is 0 Å². The Bertz CT molecular complexity index is 995. The summed E-state index contributed by atoms with van der Waals surface area (Å²) < 4.78 is 5.80. The van der Waals surface area contributed by atoms with Gasteiger partial charge in [0.05, 0.1) is 6.42 Å². The molecule has 1 amide bonds. The SMILES string of the molecule is O=C(O)Cc1ccc(NC(=O)/C=C/c2cccc(OCc3ccccc3)c2)cc1. The fourth-order valence-corrected chi connectivity index (χ4v) is 2.69. The molecule has 0 radical (unpaired) electrons. The van der Waals surface area contributed by atoms with Gasteiger partial charge in [-0.1, -0.05) is 54.6 Å². The highest BCUT2D eigenvalue weighted by Gasteiger charge is 2.02. The molecule has 5 heteroatoms. The number of nitrogens with one attached hydrogen (secondary N) is 1. The number of rotatable bonds is 8. The van der Waals surface area contributed by atoms with Crippen LogP contribution in [0.25, 0.3) is 6.08 Å². The number of hydrogen-bond donors (Lipinski definition) is 2. The summed E-state index contributed by atoms with van der Waals surface area (Å²) >= 11 is 0. The third-order valence-electron chi connectivity index (χ3n) is 4.11. The standard InChI is InChI=1S/C24H21NO4/c26-23(25-21-12-9-19(10-13-21)16-24(27)28)14-11-18-7-4-8-22(15-18)29-17-20-5-2-1-3-6-20/h1-15H,16-17H2,(H,25,26)(H,27,28)/b14-11+. The number of aliphatic carboxylic acids is 1. The highest BCUT2D eigenvalue weighted by atomic mass is 16.5. The van der Waals surface area contributed by atoms with Crippen LogP contribution in [0.3, 0.4) is 0 Å². The Hall–Kier alpha value is -3.86. The van der Waals surface area contributed by atoms with Crippen molar-refractivity contribution >= 4 is 23.6 Å². The van der Waals surface area contributed by atoms with Crippen molar-refractivity contribution in [1.82, 2.24) is 0 Å². The van der Waals surface area contributed by atoms with E-state index >= 15 is 0 Å². The van der Waals surface area contributed by atoms with E-state index in [4.69, 9.17) is 9.84 Å². The first-order valence-corrected chi connectivity index (χ1v) is 9.15. The summed E-state index contributed by atoms with van der Waals surface area (Å²) in [4.78, 5) is 22.8. The number of carbonyl (C=O) groups excluding carboxylic acids is 1. The van der Waals surface area contributed by atoms with Gasteiger partial charge < -0.3 is 15.2 Å². The van der Waals surface area contributed by atoms with Crippen LogP contribution in [0.2, 0.25) is 0 Å². The zero-order valence-corrected chi connectivity index (χ0v) is 15.7. The molecule has 0 atom stereocenters. The van der Waals surface area contributed by atoms with E-state index in [0.29, 0.717) is 17.9 Å². The Morgan fingerprint density at radius 2 is 1.66 bits per heavy atom. The quantitative estimate of drug-likeness (QED) is 0.556. The van der Waals surface area contributed by atoms with Crippen molar-refractivity contribution in [2.45, 2.75) is 13.0 Å². The highest BCUT2D eigenvalue weighted by molar-refractivity contribution is 6.01. The third kappa shape index (κ3) is 6.66. The molecule has 0 aliphatic heterocycles. The van der Waals surface area contributed by atoms with E-state index in [9.17, 15) is 9.59 Å². The second kappa shape index (κ2) is 9.90. The summed E-state index contributed by atoms with van der Waals surface area (Å²) in [5, 5.41) is 11.5. The van der Waals surface area contributed by atoms with Crippen molar-refractivity contribution in [2.24, 2.45) is 0 Å². The van der Waals surface area contributed by atoms with Crippen LogP contribution in [0.4, 0.5) is 5.69 Å². The first kappa shape index (κ1) is 19.9. The number of carbonyl (C=O) groups is 2. The normalized spacial score (nSPS) is 10.6. The van der Waals surface area contributed by atoms with Gasteiger partial charge in [-0.3, -0.25) is 9.59 Å². The molecule has 0 heterocycles. The van der Waals surface area contributed by atoms with Crippen LogP contribution in [0.5, 0.6) is 5.75 Å². The number of hydrogen-bond acceptors (Lipinski definition) is 3. The Kier molecular flexibility index (Phi) is 6.79. The van der Waals surface area contributed by atoms with Crippen LogP contribution in [0.1, 0.15) is 16.7 Å². The highest BCUT2D eigenvalue weighted by Crippen LogP contribution is 2.16. The van der Waals surface area contributed by atoms with E-state index in [0.717, 1.165) is 16.9 Å². The summed E-state index contributed by atoms with van der Waals surface area (Å²) in [5.41, 5.74) is 3.22. The van der Waals surface area contributed by atoms with Gasteiger partial charge in [-0.25, -0.2) is 0 Å². The molecule has 3 rings (SSSR count). The fraction of sp³-hybridized carbons (Fsp3) is 0.0833. The summed E-state index contributed by atoms with van der Waals surface area (Å²) in [6.07, 6.45) is 3.11. The summed E-state index contributed by atoms with van der Waals surface area (Å²) in [5.74, 6) is -0.434. The Morgan fingerprint density at radius 1 is 0.897 bits per heavy atom. The van der Waals surface area contributed by atoms with E-state index in [1.54, 1.807) is 30.3 Å². The van der Waals surface area contributed by atoms with Gasteiger partial charge in [0.2, 0.25) is 5.91 Å². The largest absolute Gasteiger partial charge is 0.489 e. The molecule has 0 saturated carbocycles. The molecule has 0 spiro atoms. The monoisotopic (exact) mass is 387 g/mol. The predicted octanol–water partition coefficient (Wildman–Crippen LogP) is 4.54. The van der Waals surface area contributed by atoms with Crippen molar-refractivity contribution in [3.05, 3.63) is 102 Å². The molecule has 0 aromatic heterocycles. The van der Waals surface area contributed by atoms with Gasteiger partial charge in [0.1, 0.15) is 12.4 Å². The molecule has 0 aliphatic rings. The van der Waals surface area contributed by atoms with Crippen LogP contribution < -0.4 is 10.1 Å². The number of benzene rings is 3. The maximum atomic E-state index is 12.1. The molecular formula is C24H21NO4. The molecule has 146 valence electrons. The maximum Gasteiger partial charge on any atom is 0.307 e. The lowest BCUT2D eigenvalue weighted by atomic mass is 10.1. The molecule has 0 fully saturated rings. The lowest BCUT2D eigenvalue weighted by Gasteiger charge is -2.07. The first-order chi connectivity index (χ1) is 14.1. The summed E-state index contributed by atoms with van der Waals surface area (Å²) in [6.45, 7) is 0.479. The van der Waals surface area contributed by atoms with Gasteiger partial charge in [-0.05, 0) is 47.0 Å². The van der Waals surface area contributed by atoms with Gasteiger partial charge >= 0.3 is 5.97 Å². The van der Waals surface area contributed by atoms with Gasteiger partial charge in [-0.2, -0.15) is 0 Å². The molecule has 3 aromatic rings. The second-order valence-electron chi connectivity index (χ2n) is 6.44. The average Bonchev–Trinajstić information content (AvgIpc) is 2.73. The molecule has 29 heavy (non-hydrogen) atoms. The number of carboxylic acid groups (broad SMARTS) is 1. The Labute approximate surface area is 169 Å². The molecular weight excluding hydrogens is 366 g/mol. The van der Waals surface area contributed by atoms with Crippen LogP contribution in [-0.4, -0.2) is 17.0 Å². The second-order valence-corrected chi connectivity index (χ2v) is 6.44. The van der Waals surface area contributed by atoms with Crippen molar-refractivity contribution in [3.63, 3.8) is 0 Å². The Morgan fingerprint density at radius 3 is 2.38 bits per heavy atom. The number of ether oxygens (including phenoxy) is 1. The van der Waals surface area contributed by atoms with Crippen LogP contribution in [-0.2, 0) is 22.6 Å². The van der Waals surface area contributed by atoms with Gasteiger partial charge in [0, 0.05) is 11.8 Å². The lowest BCUT2D eigenvalue weighted by molar-refractivity contribution is -0.136. The topological polar surface area (TPSA) is 75.6 Å². The minimum atomic E-state index is -0.889. The van der Waals surface area contributed by atoms with Crippen molar-refractivity contribution in [2.75, 3.05) is 5.32 Å². The van der Waals surface area contributed by atoms with E-state index in [2.05, 4.69) is 5.32 Å². The van der Waals surface area contributed by atoms with Crippen molar-refractivity contribution in [1.29, 1.82) is 0 Å². The van der Waals surface area contributed by atoms with Crippen molar-refractivity contribution in [3.8, 4) is 5.75 Å². The van der Waals surface area contributed by atoms with E-state index in [-0.39, 0.29) is 12.3 Å². The lowest BCUT2D eigenvalue weighted by Crippen LogP contribution is -2.08.